The maximum atomic E-state index is 10.8. The van der Waals surface area contributed by atoms with Crippen molar-refractivity contribution in [3.05, 3.63) is 0 Å². The smallest absolute Gasteiger partial charge is 0.320 e. The Morgan fingerprint density at radius 2 is 2.07 bits per heavy atom. The highest BCUT2D eigenvalue weighted by Crippen LogP contribution is 1.96. The van der Waals surface area contributed by atoms with Crippen LogP contribution in [-0.4, -0.2) is 55.1 Å². The van der Waals surface area contributed by atoms with E-state index in [1.165, 1.54) is 0 Å². The molecular weight excluding hydrogens is 198 g/mol. The maximum absolute atomic E-state index is 10.8. The predicted molar refractivity (Wildman–Crippen MR) is 56.4 cm³/mol. The number of aliphatic carboxylic acids is 1. The van der Waals surface area contributed by atoms with Gasteiger partial charge in [0, 0.05) is 19.5 Å². The number of hydrogen-bond donors (Lipinski definition) is 3. The van der Waals surface area contributed by atoms with Crippen LogP contribution in [0.15, 0.2) is 0 Å². The summed E-state index contributed by atoms with van der Waals surface area (Å²) >= 11 is 0. The molecule has 0 aliphatic heterocycles. The maximum Gasteiger partial charge on any atom is 0.320 e. The highest BCUT2D eigenvalue weighted by atomic mass is 16.4. The lowest BCUT2D eigenvalue weighted by atomic mass is 10.1. The number of amides is 1. The molecule has 0 aromatic rings. The first-order chi connectivity index (χ1) is 6.93. The summed E-state index contributed by atoms with van der Waals surface area (Å²) in [6, 6.07) is -0.697. The first-order valence-electron chi connectivity index (χ1n) is 4.82. The van der Waals surface area contributed by atoms with Crippen molar-refractivity contribution in [3.63, 3.8) is 0 Å². The topological polar surface area (TPSA) is 95.7 Å². The molecule has 0 bridgehead atoms. The lowest BCUT2D eigenvalue weighted by Crippen LogP contribution is -2.40. The summed E-state index contributed by atoms with van der Waals surface area (Å²) in [6.07, 6.45) is 0.323. The molecule has 0 fully saturated rings. The number of carboxylic acid groups (broad SMARTS) is 1. The van der Waals surface area contributed by atoms with Crippen molar-refractivity contribution in [2.45, 2.75) is 18.9 Å². The summed E-state index contributed by atoms with van der Waals surface area (Å²) in [6.45, 7) is 1.32. The van der Waals surface area contributed by atoms with E-state index in [9.17, 15) is 9.59 Å². The predicted octanol–water partition coefficient (Wildman–Crippen LogP) is -1.14. The Balaban J connectivity index is 3.84. The number of primary amides is 1. The van der Waals surface area contributed by atoms with Crippen LogP contribution >= 0.6 is 0 Å². The molecule has 6 nitrogen and oxygen atoms in total. The SMILES string of the molecule is CN(C)CCNC(CCC(N)=O)C(=O)O. The fourth-order valence-electron chi connectivity index (χ4n) is 1.06. The van der Waals surface area contributed by atoms with E-state index in [0.29, 0.717) is 6.54 Å². The second kappa shape index (κ2) is 7.19. The lowest BCUT2D eigenvalue weighted by Gasteiger charge is -2.15. The zero-order valence-corrected chi connectivity index (χ0v) is 9.19. The van der Waals surface area contributed by atoms with Crippen molar-refractivity contribution in [3.8, 4) is 0 Å². The minimum atomic E-state index is -0.949. The number of carbonyl (C=O) groups excluding carboxylic acids is 1. The number of nitrogens with zero attached hydrogens (tertiary/aromatic N) is 1. The molecule has 0 rings (SSSR count). The molecule has 0 saturated carbocycles. The molecule has 0 aromatic heterocycles. The van der Waals surface area contributed by atoms with Crippen LogP contribution < -0.4 is 11.1 Å². The van der Waals surface area contributed by atoms with E-state index >= 15 is 0 Å². The second-order valence-electron chi connectivity index (χ2n) is 3.65. The van der Waals surface area contributed by atoms with Gasteiger partial charge in [-0.15, -0.1) is 0 Å². The van der Waals surface area contributed by atoms with Crippen molar-refractivity contribution in [1.82, 2.24) is 10.2 Å². The fourth-order valence-corrected chi connectivity index (χ4v) is 1.06. The Morgan fingerprint density at radius 3 is 2.47 bits per heavy atom. The van der Waals surface area contributed by atoms with Gasteiger partial charge in [-0.1, -0.05) is 0 Å². The van der Waals surface area contributed by atoms with Crippen molar-refractivity contribution in [2.75, 3.05) is 27.2 Å². The summed E-state index contributed by atoms with van der Waals surface area (Å²) in [5.41, 5.74) is 4.95. The monoisotopic (exact) mass is 217 g/mol. The third kappa shape index (κ3) is 7.90. The van der Waals surface area contributed by atoms with E-state index in [1.807, 2.05) is 19.0 Å². The molecule has 0 saturated heterocycles. The quantitative estimate of drug-likeness (QED) is 0.477. The van der Waals surface area contributed by atoms with E-state index in [2.05, 4.69) is 5.32 Å². The van der Waals surface area contributed by atoms with E-state index in [1.54, 1.807) is 0 Å². The van der Waals surface area contributed by atoms with Crippen molar-refractivity contribution in [1.29, 1.82) is 0 Å². The Bertz CT molecular complexity index is 219. The van der Waals surface area contributed by atoms with Crippen molar-refractivity contribution in [2.24, 2.45) is 5.73 Å². The largest absolute Gasteiger partial charge is 0.480 e. The van der Waals surface area contributed by atoms with Crippen LogP contribution in [0.2, 0.25) is 0 Å². The van der Waals surface area contributed by atoms with Crippen LogP contribution in [0.1, 0.15) is 12.8 Å². The van der Waals surface area contributed by atoms with Gasteiger partial charge in [0.2, 0.25) is 5.91 Å². The Morgan fingerprint density at radius 1 is 1.47 bits per heavy atom. The number of nitrogens with one attached hydrogen (secondary N) is 1. The minimum absolute atomic E-state index is 0.0892. The standard InChI is InChI=1S/C9H19N3O3/c1-12(2)6-5-11-7(9(14)15)3-4-8(10)13/h7,11H,3-6H2,1-2H3,(H2,10,13)(H,14,15). The summed E-state index contributed by atoms with van der Waals surface area (Å²) in [5.74, 6) is -1.43. The molecule has 0 heterocycles. The van der Waals surface area contributed by atoms with E-state index in [4.69, 9.17) is 10.8 Å². The van der Waals surface area contributed by atoms with Gasteiger partial charge in [0.15, 0.2) is 0 Å². The Labute approximate surface area is 89.4 Å². The molecule has 15 heavy (non-hydrogen) atoms. The zero-order chi connectivity index (χ0) is 11.8. The fraction of sp³-hybridized carbons (Fsp3) is 0.778. The third-order valence-corrected chi connectivity index (χ3v) is 1.93. The van der Waals surface area contributed by atoms with Gasteiger partial charge in [-0.05, 0) is 20.5 Å². The number of nitrogens with two attached hydrogens (primary N) is 1. The van der Waals surface area contributed by atoms with Gasteiger partial charge in [-0.2, -0.15) is 0 Å². The van der Waals surface area contributed by atoms with Gasteiger partial charge in [-0.3, -0.25) is 9.59 Å². The number of rotatable bonds is 8. The minimum Gasteiger partial charge on any atom is -0.480 e. The highest BCUT2D eigenvalue weighted by molar-refractivity contribution is 5.77. The molecular formula is C9H19N3O3. The molecule has 0 aliphatic carbocycles. The molecule has 6 heteroatoms. The van der Waals surface area contributed by atoms with Gasteiger partial charge in [0.25, 0.3) is 0 Å². The van der Waals surface area contributed by atoms with Gasteiger partial charge >= 0.3 is 5.97 Å². The van der Waals surface area contributed by atoms with Gasteiger partial charge in [0.1, 0.15) is 6.04 Å². The summed E-state index contributed by atoms with van der Waals surface area (Å²) in [4.78, 5) is 23.2. The number of likely N-dealkylation sites (N-methyl/N-ethyl adjacent to an activating group) is 1. The van der Waals surface area contributed by atoms with Crippen molar-refractivity contribution >= 4 is 11.9 Å². The van der Waals surface area contributed by atoms with Crippen LogP contribution in [0.5, 0.6) is 0 Å². The van der Waals surface area contributed by atoms with Gasteiger partial charge in [-0.25, -0.2) is 0 Å². The average Bonchev–Trinajstić information content (AvgIpc) is 2.09. The molecule has 88 valence electrons. The molecule has 4 N–H and O–H groups in total. The van der Waals surface area contributed by atoms with E-state index in [-0.39, 0.29) is 12.8 Å². The third-order valence-electron chi connectivity index (χ3n) is 1.93. The van der Waals surface area contributed by atoms with Crippen LogP contribution in [0.4, 0.5) is 0 Å². The lowest BCUT2D eigenvalue weighted by molar-refractivity contribution is -0.139. The van der Waals surface area contributed by atoms with Crippen LogP contribution in [0, 0.1) is 0 Å². The summed E-state index contributed by atoms with van der Waals surface area (Å²) in [7, 11) is 3.81. The van der Waals surface area contributed by atoms with Crippen LogP contribution in [0.3, 0.4) is 0 Å². The molecule has 0 radical (unpaired) electrons. The average molecular weight is 217 g/mol. The van der Waals surface area contributed by atoms with E-state index in [0.717, 1.165) is 6.54 Å². The first-order valence-corrected chi connectivity index (χ1v) is 4.82. The van der Waals surface area contributed by atoms with E-state index < -0.39 is 17.9 Å². The number of carbonyl (C=O) groups is 2. The van der Waals surface area contributed by atoms with Crippen LogP contribution in [0.25, 0.3) is 0 Å². The van der Waals surface area contributed by atoms with Gasteiger partial charge in [0.05, 0.1) is 0 Å². The zero-order valence-electron chi connectivity index (χ0n) is 9.19. The molecule has 1 amide bonds. The number of carboxylic acids is 1. The highest BCUT2D eigenvalue weighted by Gasteiger charge is 2.16. The van der Waals surface area contributed by atoms with Crippen LogP contribution in [-0.2, 0) is 9.59 Å². The van der Waals surface area contributed by atoms with Gasteiger partial charge < -0.3 is 21.1 Å². The molecule has 1 unspecified atom stereocenters. The normalized spacial score (nSPS) is 12.7. The molecule has 0 spiro atoms. The Kier molecular flexibility index (Phi) is 6.64. The molecule has 0 aliphatic rings. The summed E-state index contributed by atoms with van der Waals surface area (Å²) < 4.78 is 0. The molecule has 0 aromatic carbocycles. The second-order valence-corrected chi connectivity index (χ2v) is 3.65. The summed E-state index contributed by atoms with van der Waals surface area (Å²) in [5, 5.41) is 11.7. The van der Waals surface area contributed by atoms with Crippen molar-refractivity contribution < 1.29 is 14.7 Å². The Hall–Kier alpha value is -1.14. The number of hydrogen-bond acceptors (Lipinski definition) is 4. The molecule has 1 atom stereocenters. The first kappa shape index (κ1) is 13.9.